The van der Waals surface area contributed by atoms with Gasteiger partial charge < -0.3 is 14.8 Å². The lowest BCUT2D eigenvalue weighted by Crippen LogP contribution is -2.35. The lowest BCUT2D eigenvalue weighted by molar-refractivity contribution is 0.102. The minimum atomic E-state index is -0.179. The van der Waals surface area contributed by atoms with Gasteiger partial charge in [0.05, 0.1) is 5.69 Å². The van der Waals surface area contributed by atoms with Crippen molar-refractivity contribution in [2.75, 3.05) is 23.3 Å². The summed E-state index contributed by atoms with van der Waals surface area (Å²) in [5.41, 5.74) is 3.52. The van der Waals surface area contributed by atoms with E-state index in [1.165, 1.54) is 5.69 Å². The van der Waals surface area contributed by atoms with Crippen LogP contribution < -0.4 is 10.2 Å². The first-order valence-electron chi connectivity index (χ1n) is 11.2. The zero-order valence-electron chi connectivity index (χ0n) is 18.9. The highest BCUT2D eigenvalue weighted by Crippen LogP contribution is 2.30. The fourth-order valence-corrected chi connectivity index (χ4v) is 4.59. The van der Waals surface area contributed by atoms with Gasteiger partial charge >= 0.3 is 0 Å². The molecule has 7 heteroatoms. The van der Waals surface area contributed by atoms with Gasteiger partial charge in [0.1, 0.15) is 5.82 Å². The Morgan fingerprint density at radius 2 is 1.91 bits per heavy atom. The quantitative estimate of drug-likeness (QED) is 0.543. The second kappa shape index (κ2) is 9.74. The van der Waals surface area contributed by atoms with Crippen LogP contribution in [0.4, 0.5) is 11.5 Å². The maximum atomic E-state index is 12.8. The average molecular weight is 452 g/mol. The summed E-state index contributed by atoms with van der Waals surface area (Å²) >= 11 is 6.05. The molecule has 1 saturated heterocycles. The summed E-state index contributed by atoms with van der Waals surface area (Å²) in [5, 5.41) is 3.59. The molecule has 0 atom stereocenters. The molecular formula is C25H30ClN5O. The number of nitrogens with zero attached hydrogens (tertiary/aromatic N) is 4. The molecule has 1 aromatic carbocycles. The minimum Gasteiger partial charge on any atom is -0.355 e. The van der Waals surface area contributed by atoms with Crippen molar-refractivity contribution in [2.24, 2.45) is 5.92 Å². The van der Waals surface area contributed by atoms with Crippen LogP contribution in [0.2, 0.25) is 5.02 Å². The zero-order chi connectivity index (χ0) is 22.7. The fraction of sp³-hybridized carbons (Fsp3) is 0.400. The van der Waals surface area contributed by atoms with Crippen LogP contribution in [0.15, 0.2) is 42.7 Å². The van der Waals surface area contributed by atoms with E-state index in [4.69, 9.17) is 11.6 Å². The van der Waals surface area contributed by atoms with Crippen LogP contribution >= 0.6 is 11.6 Å². The van der Waals surface area contributed by atoms with Crippen LogP contribution in [-0.2, 0) is 6.54 Å². The molecule has 32 heavy (non-hydrogen) atoms. The highest BCUT2D eigenvalue weighted by molar-refractivity contribution is 6.31. The van der Waals surface area contributed by atoms with Gasteiger partial charge in [-0.15, -0.1) is 0 Å². The van der Waals surface area contributed by atoms with Gasteiger partial charge in [-0.25, -0.2) is 9.97 Å². The predicted octanol–water partition coefficient (Wildman–Crippen LogP) is 5.42. The summed E-state index contributed by atoms with van der Waals surface area (Å²) in [6.45, 7) is 9.05. The van der Waals surface area contributed by atoms with Crippen molar-refractivity contribution in [3.8, 4) is 0 Å². The molecule has 0 spiro atoms. The number of rotatable bonds is 6. The fourth-order valence-electron chi connectivity index (χ4n) is 4.39. The van der Waals surface area contributed by atoms with E-state index in [0.29, 0.717) is 16.5 Å². The number of carbonyl (C=O) groups is 1. The molecule has 3 heterocycles. The molecule has 1 N–H and O–H groups in total. The third-order valence-corrected chi connectivity index (χ3v) is 6.50. The van der Waals surface area contributed by atoms with Crippen molar-refractivity contribution in [3.63, 3.8) is 0 Å². The zero-order valence-corrected chi connectivity index (χ0v) is 19.7. The lowest BCUT2D eigenvalue weighted by atomic mass is 9.93. The molecule has 1 aliphatic heterocycles. The summed E-state index contributed by atoms with van der Waals surface area (Å²) < 4.78 is 2.30. The summed E-state index contributed by atoms with van der Waals surface area (Å²) in [6, 6.07) is 8.97. The molecule has 1 fully saturated rings. The lowest BCUT2D eigenvalue weighted by Gasteiger charge is -2.34. The molecule has 0 bridgehead atoms. The van der Waals surface area contributed by atoms with E-state index >= 15 is 0 Å². The van der Waals surface area contributed by atoms with Crippen molar-refractivity contribution in [1.29, 1.82) is 0 Å². The molecule has 0 unspecified atom stereocenters. The number of piperidine rings is 1. The number of hydrogen-bond donors (Lipinski definition) is 1. The maximum Gasteiger partial charge on any atom is 0.255 e. The van der Waals surface area contributed by atoms with Crippen LogP contribution in [-0.4, -0.2) is 33.5 Å². The average Bonchev–Trinajstić information content (AvgIpc) is 3.10. The van der Waals surface area contributed by atoms with Crippen molar-refractivity contribution in [2.45, 2.75) is 46.6 Å². The summed E-state index contributed by atoms with van der Waals surface area (Å²) in [4.78, 5) is 24.2. The molecule has 1 amide bonds. The number of benzene rings is 1. The highest BCUT2D eigenvalue weighted by atomic mass is 35.5. The van der Waals surface area contributed by atoms with E-state index in [9.17, 15) is 4.79 Å². The molecule has 1 aliphatic rings. The first kappa shape index (κ1) is 22.3. The van der Waals surface area contributed by atoms with Gasteiger partial charge in [-0.3, -0.25) is 4.79 Å². The van der Waals surface area contributed by atoms with Gasteiger partial charge in [-0.1, -0.05) is 17.7 Å². The largest absolute Gasteiger partial charge is 0.355 e. The Balaban J connectivity index is 1.40. The van der Waals surface area contributed by atoms with Gasteiger partial charge in [0.15, 0.2) is 5.82 Å². The van der Waals surface area contributed by atoms with Crippen molar-refractivity contribution < 1.29 is 4.79 Å². The number of imidazole rings is 1. The van der Waals surface area contributed by atoms with Gasteiger partial charge in [0.2, 0.25) is 0 Å². The normalized spacial score (nSPS) is 14.6. The minimum absolute atomic E-state index is 0.179. The van der Waals surface area contributed by atoms with Gasteiger partial charge in [0, 0.05) is 48.3 Å². The number of pyridine rings is 1. The van der Waals surface area contributed by atoms with Crippen molar-refractivity contribution in [1.82, 2.24) is 14.5 Å². The van der Waals surface area contributed by atoms with E-state index in [1.807, 2.05) is 25.4 Å². The molecule has 0 radical (unpaired) electrons. The summed E-state index contributed by atoms with van der Waals surface area (Å²) in [5.74, 6) is 2.43. The topological polar surface area (TPSA) is 63.1 Å². The molecule has 6 nitrogen and oxygen atoms in total. The van der Waals surface area contributed by atoms with Crippen LogP contribution in [0, 0.1) is 26.7 Å². The highest BCUT2D eigenvalue weighted by Gasteiger charge is 2.23. The number of anilines is 2. The second-order valence-corrected chi connectivity index (χ2v) is 9.10. The summed E-state index contributed by atoms with van der Waals surface area (Å²) in [6.07, 6.45) is 7.20. The number of amides is 1. The Morgan fingerprint density at radius 3 is 2.59 bits per heavy atom. The smallest absolute Gasteiger partial charge is 0.255 e. The maximum absolute atomic E-state index is 12.8. The van der Waals surface area contributed by atoms with Gasteiger partial charge in [-0.05, 0) is 75.8 Å². The Labute approximate surface area is 194 Å². The Hall–Kier alpha value is -2.86. The third kappa shape index (κ3) is 5.13. The molecule has 0 aliphatic carbocycles. The summed E-state index contributed by atoms with van der Waals surface area (Å²) in [7, 11) is 0. The van der Waals surface area contributed by atoms with E-state index in [1.54, 1.807) is 24.3 Å². The monoisotopic (exact) mass is 451 g/mol. The first-order valence-corrected chi connectivity index (χ1v) is 11.6. The van der Waals surface area contributed by atoms with Crippen LogP contribution in [0.1, 0.15) is 46.7 Å². The van der Waals surface area contributed by atoms with Crippen molar-refractivity contribution in [3.05, 3.63) is 70.4 Å². The molecule has 2 aromatic heterocycles. The van der Waals surface area contributed by atoms with Crippen LogP contribution in [0.3, 0.4) is 0 Å². The molecule has 168 valence electrons. The van der Waals surface area contributed by atoms with E-state index in [-0.39, 0.29) is 5.91 Å². The van der Waals surface area contributed by atoms with Crippen LogP contribution in [0.25, 0.3) is 0 Å². The van der Waals surface area contributed by atoms with Crippen molar-refractivity contribution >= 4 is 29.0 Å². The Bertz CT molecular complexity index is 1080. The number of carbonyl (C=O) groups excluding carboxylic acids is 1. The van der Waals surface area contributed by atoms with Gasteiger partial charge in [0.25, 0.3) is 5.91 Å². The number of aromatic nitrogens is 3. The number of hydrogen-bond acceptors (Lipinski definition) is 4. The van der Waals surface area contributed by atoms with Gasteiger partial charge in [-0.2, -0.15) is 0 Å². The third-order valence-electron chi connectivity index (χ3n) is 6.27. The molecule has 4 rings (SSSR count). The van der Waals surface area contributed by atoms with Crippen LogP contribution in [0.5, 0.6) is 0 Å². The number of halogens is 1. The number of aryl methyl sites for hydroxylation is 3. The Morgan fingerprint density at radius 1 is 1.12 bits per heavy atom. The van der Waals surface area contributed by atoms with E-state index in [2.05, 4.69) is 38.6 Å². The van der Waals surface area contributed by atoms with E-state index < -0.39 is 0 Å². The molecule has 3 aromatic rings. The first-order chi connectivity index (χ1) is 15.4. The second-order valence-electron chi connectivity index (χ2n) is 8.67. The SMILES string of the molecule is Cc1cnc(N2CCC(CCn3c(C)cnc3C)CC2)c(NC(=O)c2cccc(Cl)c2)c1. The standard InChI is InChI=1S/C25H30ClN5O/c1-17-13-23(29-25(32)21-5-4-6-22(26)14-21)24(28-15-17)30-10-7-20(8-11-30)9-12-31-18(2)16-27-19(31)3/h4-6,13-16,20H,7-12H2,1-3H3,(H,29,32). The Kier molecular flexibility index (Phi) is 6.80. The predicted molar refractivity (Wildman–Crippen MR) is 130 cm³/mol. The number of nitrogens with one attached hydrogen (secondary N) is 1. The van der Waals surface area contributed by atoms with E-state index in [0.717, 1.165) is 61.8 Å². The molecular weight excluding hydrogens is 422 g/mol. The molecule has 0 saturated carbocycles.